The second-order valence-electron chi connectivity index (χ2n) is 2.24. The molecule has 0 aliphatic rings. The lowest BCUT2D eigenvalue weighted by molar-refractivity contribution is 0.383. The molecule has 0 rings (SSSR count). The van der Waals surface area contributed by atoms with Crippen molar-refractivity contribution < 1.29 is 0 Å². The Bertz CT molecular complexity index is 42.2. The summed E-state index contributed by atoms with van der Waals surface area (Å²) in [5, 5.41) is 0. The zero-order valence-electron chi connectivity index (χ0n) is 6.13. The molecule has 0 fully saturated rings. The SMILES string of the molecule is C[C@H](N)CN(C)C.Cl.Cl. The minimum atomic E-state index is 0. The molecule has 0 unspecified atom stereocenters. The fraction of sp³-hybridized carbons (Fsp3) is 1.00. The maximum atomic E-state index is 5.45. The second kappa shape index (κ2) is 8.50. The van der Waals surface area contributed by atoms with Crippen LogP contribution in [0.1, 0.15) is 6.92 Å². The first-order chi connectivity index (χ1) is 3.13. The zero-order valence-corrected chi connectivity index (χ0v) is 7.76. The molecule has 0 aromatic rings. The van der Waals surface area contributed by atoms with E-state index < -0.39 is 0 Å². The van der Waals surface area contributed by atoms with Gasteiger partial charge in [0.2, 0.25) is 0 Å². The van der Waals surface area contributed by atoms with Crippen LogP contribution in [0.15, 0.2) is 0 Å². The van der Waals surface area contributed by atoms with Gasteiger partial charge in [0.05, 0.1) is 0 Å². The molecule has 0 aromatic heterocycles. The van der Waals surface area contributed by atoms with Crippen LogP contribution in [-0.4, -0.2) is 31.6 Å². The maximum absolute atomic E-state index is 5.45. The number of nitrogens with two attached hydrogens (primary N) is 1. The predicted molar refractivity (Wildman–Crippen MR) is 46.7 cm³/mol. The smallest absolute Gasteiger partial charge is 0.0138 e. The van der Waals surface area contributed by atoms with Gasteiger partial charge in [-0.1, -0.05) is 0 Å². The van der Waals surface area contributed by atoms with Gasteiger partial charge in [-0.25, -0.2) is 0 Å². The first-order valence-corrected chi connectivity index (χ1v) is 2.53. The van der Waals surface area contributed by atoms with E-state index in [1.54, 1.807) is 0 Å². The molecule has 0 radical (unpaired) electrons. The van der Waals surface area contributed by atoms with Crippen molar-refractivity contribution >= 4 is 24.8 Å². The van der Waals surface area contributed by atoms with Crippen LogP contribution in [0, 0.1) is 0 Å². The summed E-state index contributed by atoms with van der Waals surface area (Å²) in [6.45, 7) is 2.97. The molecule has 0 amide bonds. The van der Waals surface area contributed by atoms with Crippen LogP contribution in [0.25, 0.3) is 0 Å². The number of nitrogens with zero attached hydrogens (tertiary/aromatic N) is 1. The van der Waals surface area contributed by atoms with Gasteiger partial charge in [-0.3, -0.25) is 0 Å². The minimum absolute atomic E-state index is 0. The van der Waals surface area contributed by atoms with Crippen LogP contribution in [0.2, 0.25) is 0 Å². The van der Waals surface area contributed by atoms with Gasteiger partial charge in [0.1, 0.15) is 0 Å². The van der Waals surface area contributed by atoms with Gasteiger partial charge < -0.3 is 10.6 Å². The molecule has 2 nitrogen and oxygen atoms in total. The summed E-state index contributed by atoms with van der Waals surface area (Å²) >= 11 is 0. The van der Waals surface area contributed by atoms with Gasteiger partial charge in [0, 0.05) is 12.6 Å². The molecule has 1 atom stereocenters. The van der Waals surface area contributed by atoms with E-state index >= 15 is 0 Å². The van der Waals surface area contributed by atoms with Crippen molar-refractivity contribution in [3.05, 3.63) is 0 Å². The number of likely N-dealkylation sites (N-methyl/N-ethyl adjacent to an activating group) is 1. The van der Waals surface area contributed by atoms with E-state index in [4.69, 9.17) is 5.73 Å². The average Bonchev–Trinajstić information content (AvgIpc) is 1.27. The van der Waals surface area contributed by atoms with Crippen LogP contribution < -0.4 is 5.73 Å². The van der Waals surface area contributed by atoms with Crippen LogP contribution in [-0.2, 0) is 0 Å². The van der Waals surface area contributed by atoms with E-state index in [2.05, 4.69) is 4.90 Å². The molecule has 0 aromatic carbocycles. The molecule has 0 aliphatic carbocycles. The van der Waals surface area contributed by atoms with Gasteiger partial charge in [-0.15, -0.1) is 24.8 Å². The van der Waals surface area contributed by atoms with Gasteiger partial charge >= 0.3 is 0 Å². The van der Waals surface area contributed by atoms with Gasteiger partial charge in [-0.05, 0) is 21.0 Å². The lowest BCUT2D eigenvalue weighted by atomic mass is 10.3. The summed E-state index contributed by atoms with van der Waals surface area (Å²) in [5.74, 6) is 0. The van der Waals surface area contributed by atoms with Crippen molar-refractivity contribution in [3.8, 4) is 0 Å². The Morgan fingerprint density at radius 1 is 1.33 bits per heavy atom. The number of rotatable bonds is 2. The van der Waals surface area contributed by atoms with E-state index in [0.717, 1.165) is 6.54 Å². The van der Waals surface area contributed by atoms with E-state index in [0.29, 0.717) is 6.04 Å². The van der Waals surface area contributed by atoms with Gasteiger partial charge in [-0.2, -0.15) is 0 Å². The lowest BCUT2D eigenvalue weighted by Gasteiger charge is -2.11. The monoisotopic (exact) mass is 174 g/mol. The molecular formula is C5H16Cl2N2. The fourth-order valence-electron chi connectivity index (χ4n) is 0.576. The molecule has 0 saturated carbocycles. The van der Waals surface area contributed by atoms with E-state index in [9.17, 15) is 0 Å². The summed E-state index contributed by atoms with van der Waals surface area (Å²) in [6.07, 6.45) is 0. The molecule has 0 heterocycles. The summed E-state index contributed by atoms with van der Waals surface area (Å²) in [4.78, 5) is 2.07. The largest absolute Gasteiger partial charge is 0.327 e. The average molecular weight is 175 g/mol. The maximum Gasteiger partial charge on any atom is 0.0138 e. The van der Waals surface area contributed by atoms with E-state index in [1.807, 2.05) is 21.0 Å². The highest BCUT2D eigenvalue weighted by atomic mass is 35.5. The van der Waals surface area contributed by atoms with E-state index in [1.165, 1.54) is 0 Å². The Balaban J connectivity index is -0.000000180. The molecule has 0 bridgehead atoms. The normalized spacial score (nSPS) is 11.7. The number of hydrogen-bond donors (Lipinski definition) is 1. The number of halogens is 2. The third-order valence-electron chi connectivity index (χ3n) is 0.653. The van der Waals surface area contributed by atoms with Crippen molar-refractivity contribution in [3.63, 3.8) is 0 Å². The van der Waals surface area contributed by atoms with Crippen LogP contribution in [0.5, 0.6) is 0 Å². The van der Waals surface area contributed by atoms with Crippen molar-refractivity contribution in [1.82, 2.24) is 4.90 Å². The standard InChI is InChI=1S/C5H14N2.2ClH/c1-5(6)4-7(2)3;;/h5H,4,6H2,1-3H3;2*1H/t5-;;/m0../s1. The van der Waals surface area contributed by atoms with Crippen LogP contribution in [0.3, 0.4) is 0 Å². The topological polar surface area (TPSA) is 29.3 Å². The quantitative estimate of drug-likeness (QED) is 0.670. The zero-order chi connectivity index (χ0) is 5.86. The third kappa shape index (κ3) is 17.7. The molecule has 9 heavy (non-hydrogen) atoms. The first-order valence-electron chi connectivity index (χ1n) is 2.53. The summed E-state index contributed by atoms with van der Waals surface area (Å²) in [6, 6.07) is 0.301. The Morgan fingerprint density at radius 3 is 1.67 bits per heavy atom. The van der Waals surface area contributed by atoms with E-state index in [-0.39, 0.29) is 24.8 Å². The summed E-state index contributed by atoms with van der Waals surface area (Å²) < 4.78 is 0. The van der Waals surface area contributed by atoms with Crippen molar-refractivity contribution in [1.29, 1.82) is 0 Å². The van der Waals surface area contributed by atoms with Crippen molar-refractivity contribution in [2.45, 2.75) is 13.0 Å². The Hall–Kier alpha value is 0.500. The van der Waals surface area contributed by atoms with Crippen molar-refractivity contribution in [2.75, 3.05) is 20.6 Å². The highest BCUT2D eigenvalue weighted by molar-refractivity contribution is 5.85. The number of hydrogen-bond acceptors (Lipinski definition) is 2. The summed E-state index contributed by atoms with van der Waals surface area (Å²) in [7, 11) is 4.03. The second-order valence-corrected chi connectivity index (χ2v) is 2.24. The Labute approximate surface area is 69.6 Å². The first kappa shape index (κ1) is 16.2. The van der Waals surface area contributed by atoms with Crippen LogP contribution >= 0.6 is 24.8 Å². The van der Waals surface area contributed by atoms with Crippen LogP contribution in [0.4, 0.5) is 0 Å². The summed E-state index contributed by atoms with van der Waals surface area (Å²) in [5.41, 5.74) is 5.45. The molecule has 0 aliphatic heterocycles. The molecule has 60 valence electrons. The van der Waals surface area contributed by atoms with Crippen molar-refractivity contribution in [2.24, 2.45) is 5.73 Å². The highest BCUT2D eigenvalue weighted by Gasteiger charge is 1.92. The molecule has 2 N–H and O–H groups in total. The highest BCUT2D eigenvalue weighted by Crippen LogP contribution is 1.76. The lowest BCUT2D eigenvalue weighted by Crippen LogP contribution is -2.29. The Kier molecular flexibility index (Phi) is 15.3. The molecule has 0 saturated heterocycles. The third-order valence-corrected chi connectivity index (χ3v) is 0.653. The molecule has 4 heteroatoms. The predicted octanol–water partition coefficient (Wildman–Crippen LogP) is 0.739. The minimum Gasteiger partial charge on any atom is -0.327 e. The van der Waals surface area contributed by atoms with Gasteiger partial charge in [0.15, 0.2) is 0 Å². The fourth-order valence-corrected chi connectivity index (χ4v) is 0.576. The van der Waals surface area contributed by atoms with Gasteiger partial charge in [0.25, 0.3) is 0 Å². The molecular weight excluding hydrogens is 159 g/mol. The Morgan fingerprint density at radius 2 is 1.67 bits per heavy atom. The molecule has 0 spiro atoms.